The van der Waals surface area contributed by atoms with E-state index in [1.165, 1.54) is 13.2 Å². The Bertz CT molecular complexity index is 1210. The fraction of sp³-hybridized carbons (Fsp3) is 0.552. The topological polar surface area (TPSA) is 76.4 Å². The molecule has 2 aromatic rings. The molecule has 3 heterocycles. The zero-order valence-corrected chi connectivity index (χ0v) is 23.6. The zero-order valence-electron chi connectivity index (χ0n) is 23.6. The molecule has 1 saturated heterocycles. The second-order valence-corrected chi connectivity index (χ2v) is 11.1. The van der Waals surface area contributed by atoms with E-state index in [-0.39, 0.29) is 17.7 Å². The molecule has 0 radical (unpaired) electrons. The highest BCUT2D eigenvalue weighted by Crippen LogP contribution is 2.43. The summed E-state index contributed by atoms with van der Waals surface area (Å²) >= 11 is 0. The van der Waals surface area contributed by atoms with Crippen LogP contribution in [0.25, 0.3) is 5.57 Å². The Balaban J connectivity index is 1.59. The molecule has 0 bridgehead atoms. The summed E-state index contributed by atoms with van der Waals surface area (Å²) in [7, 11) is 1.35. The maximum atomic E-state index is 13.8. The van der Waals surface area contributed by atoms with E-state index in [2.05, 4.69) is 4.90 Å². The first-order valence-electron chi connectivity index (χ1n) is 13.4. The molecule has 2 aliphatic rings. The fourth-order valence-corrected chi connectivity index (χ4v) is 5.35. The maximum Gasteiger partial charge on any atom is 0.431 e. The van der Waals surface area contributed by atoms with Gasteiger partial charge in [0.2, 0.25) is 0 Å². The molecule has 8 nitrogen and oxygen atoms in total. The number of fused-ring (bicyclic) bond motifs is 1. The Morgan fingerprint density at radius 3 is 2.40 bits per heavy atom. The largest absolute Gasteiger partial charge is 0.492 e. The van der Waals surface area contributed by atoms with Crippen LogP contribution in [-0.2, 0) is 32.9 Å². The molecular formula is C29H38F3N3O5. The number of aromatic nitrogens is 1. The summed E-state index contributed by atoms with van der Waals surface area (Å²) in [5.74, 6) is -0.0984. The summed E-state index contributed by atoms with van der Waals surface area (Å²) in [6.45, 7) is 11.6. The number of rotatable bonds is 8. The monoisotopic (exact) mass is 565 g/mol. The minimum absolute atomic E-state index is 0.0394. The van der Waals surface area contributed by atoms with E-state index in [1.807, 2.05) is 0 Å². The van der Waals surface area contributed by atoms with Crippen molar-refractivity contribution in [1.82, 2.24) is 14.4 Å². The first-order valence-corrected chi connectivity index (χ1v) is 13.4. The standard InChI is InChI=1S/C29H38F3N3O5/c1-19(2)40-27(37)23-17-35(18-28(3,4)25-22(23)16-24(33(25)5)29(30,31)32)26(36)20-6-8-21(9-7-20)39-15-12-34-10-13-38-14-11-34/h6-9,16-17,19,26,36H,10-15,18H2,1-5H3. The third-order valence-corrected chi connectivity index (χ3v) is 7.16. The van der Waals surface area contributed by atoms with Crippen LogP contribution in [0.4, 0.5) is 13.2 Å². The minimum atomic E-state index is -4.60. The van der Waals surface area contributed by atoms with Gasteiger partial charge in [-0.15, -0.1) is 0 Å². The molecule has 1 unspecified atom stereocenters. The van der Waals surface area contributed by atoms with Crippen molar-refractivity contribution >= 4 is 11.5 Å². The van der Waals surface area contributed by atoms with Gasteiger partial charge in [-0.05, 0) is 32.0 Å². The summed E-state index contributed by atoms with van der Waals surface area (Å²) in [5.41, 5.74) is -0.733. The number of hydrogen-bond acceptors (Lipinski definition) is 7. The van der Waals surface area contributed by atoms with Crippen LogP contribution in [0, 0.1) is 0 Å². The number of morpholine rings is 1. The molecule has 1 atom stereocenters. The van der Waals surface area contributed by atoms with Crippen molar-refractivity contribution in [2.24, 2.45) is 7.05 Å². The smallest absolute Gasteiger partial charge is 0.431 e. The number of alkyl halides is 3. The number of ether oxygens (including phenoxy) is 3. The Labute approximate surface area is 232 Å². The van der Waals surface area contributed by atoms with E-state index in [0.29, 0.717) is 23.6 Å². The fourth-order valence-electron chi connectivity index (χ4n) is 5.35. The second-order valence-electron chi connectivity index (χ2n) is 11.1. The van der Waals surface area contributed by atoms with Gasteiger partial charge in [0.1, 0.15) is 18.1 Å². The Morgan fingerprint density at radius 2 is 1.80 bits per heavy atom. The first-order chi connectivity index (χ1) is 18.8. The number of halogens is 3. The summed E-state index contributed by atoms with van der Waals surface area (Å²) in [4.78, 5) is 17.0. The van der Waals surface area contributed by atoms with E-state index < -0.39 is 35.6 Å². The number of carbonyl (C=O) groups excluding carboxylic acids is 1. The van der Waals surface area contributed by atoms with Crippen LogP contribution in [0.2, 0.25) is 0 Å². The van der Waals surface area contributed by atoms with E-state index in [1.54, 1.807) is 56.9 Å². The molecule has 0 amide bonds. The zero-order chi connectivity index (χ0) is 29.2. The van der Waals surface area contributed by atoms with Gasteiger partial charge in [-0.2, -0.15) is 13.2 Å². The van der Waals surface area contributed by atoms with Gasteiger partial charge in [0.25, 0.3) is 0 Å². The summed E-state index contributed by atoms with van der Waals surface area (Å²) in [6, 6.07) is 8.00. The number of benzene rings is 1. The van der Waals surface area contributed by atoms with Crippen LogP contribution in [0.1, 0.15) is 56.4 Å². The quantitative estimate of drug-likeness (QED) is 0.478. The Kier molecular flexibility index (Phi) is 8.86. The second kappa shape index (κ2) is 11.8. The van der Waals surface area contributed by atoms with Crippen LogP contribution < -0.4 is 4.74 Å². The van der Waals surface area contributed by atoms with E-state index in [4.69, 9.17) is 14.2 Å². The molecule has 11 heteroatoms. The summed E-state index contributed by atoms with van der Waals surface area (Å²) < 4.78 is 59.2. The minimum Gasteiger partial charge on any atom is -0.492 e. The predicted molar refractivity (Wildman–Crippen MR) is 144 cm³/mol. The van der Waals surface area contributed by atoms with Gasteiger partial charge in [0.05, 0.1) is 24.9 Å². The molecule has 0 saturated carbocycles. The lowest BCUT2D eigenvalue weighted by atomic mass is 9.85. The van der Waals surface area contributed by atoms with Gasteiger partial charge < -0.3 is 28.8 Å². The van der Waals surface area contributed by atoms with Crippen molar-refractivity contribution in [3.05, 3.63) is 59.0 Å². The highest BCUT2D eigenvalue weighted by Gasteiger charge is 2.43. The van der Waals surface area contributed by atoms with Crippen molar-refractivity contribution in [1.29, 1.82) is 0 Å². The van der Waals surface area contributed by atoms with Crippen LogP contribution in [0.15, 0.2) is 36.5 Å². The molecule has 1 aromatic heterocycles. The molecule has 40 heavy (non-hydrogen) atoms. The van der Waals surface area contributed by atoms with Crippen LogP contribution >= 0.6 is 0 Å². The molecule has 220 valence electrons. The van der Waals surface area contributed by atoms with Crippen molar-refractivity contribution in [2.75, 3.05) is 46.0 Å². The van der Waals surface area contributed by atoms with Crippen molar-refractivity contribution in [2.45, 2.75) is 51.6 Å². The third-order valence-electron chi connectivity index (χ3n) is 7.16. The number of carbonyl (C=O) groups is 1. The first kappa shape index (κ1) is 30.0. The van der Waals surface area contributed by atoms with Gasteiger partial charge in [-0.1, -0.05) is 26.0 Å². The van der Waals surface area contributed by atoms with Gasteiger partial charge in [-0.3, -0.25) is 4.90 Å². The third kappa shape index (κ3) is 6.64. The number of aliphatic hydroxyl groups excluding tert-OH is 1. The van der Waals surface area contributed by atoms with Crippen molar-refractivity contribution in [3.8, 4) is 5.75 Å². The SMILES string of the molecule is CC(C)OC(=O)C1=CN(C(O)c2ccc(OCCN3CCOCC3)cc2)CC(C)(C)c2c1cc(C(F)(F)F)n2C. The lowest BCUT2D eigenvalue weighted by Crippen LogP contribution is -2.38. The molecule has 1 N–H and O–H groups in total. The van der Waals surface area contributed by atoms with Crippen molar-refractivity contribution < 1.29 is 37.3 Å². The number of hydrogen-bond donors (Lipinski definition) is 1. The molecule has 2 aliphatic heterocycles. The highest BCUT2D eigenvalue weighted by molar-refractivity contribution is 6.17. The Hall–Kier alpha value is -3.02. The van der Waals surface area contributed by atoms with Crippen LogP contribution in [0.3, 0.4) is 0 Å². The lowest BCUT2D eigenvalue weighted by molar-refractivity contribution is -0.143. The van der Waals surface area contributed by atoms with Gasteiger partial charge in [0, 0.05) is 61.7 Å². The van der Waals surface area contributed by atoms with Crippen LogP contribution in [0.5, 0.6) is 5.75 Å². The summed E-state index contributed by atoms with van der Waals surface area (Å²) in [5, 5.41) is 11.4. The van der Waals surface area contributed by atoms with Gasteiger partial charge in [0.15, 0.2) is 6.23 Å². The van der Waals surface area contributed by atoms with Crippen molar-refractivity contribution in [3.63, 3.8) is 0 Å². The number of nitrogens with zero attached hydrogens (tertiary/aromatic N) is 3. The van der Waals surface area contributed by atoms with Gasteiger partial charge in [-0.25, -0.2) is 4.79 Å². The average Bonchev–Trinajstić information content (AvgIpc) is 3.19. The molecule has 0 aliphatic carbocycles. The Morgan fingerprint density at radius 1 is 1.15 bits per heavy atom. The average molecular weight is 566 g/mol. The van der Waals surface area contributed by atoms with E-state index in [0.717, 1.165) is 43.5 Å². The van der Waals surface area contributed by atoms with E-state index in [9.17, 15) is 23.1 Å². The summed E-state index contributed by atoms with van der Waals surface area (Å²) in [6.07, 6.45) is -4.83. The predicted octanol–water partition coefficient (Wildman–Crippen LogP) is 4.33. The molecule has 1 fully saturated rings. The molecular weight excluding hydrogens is 527 g/mol. The number of aliphatic hydroxyl groups is 1. The van der Waals surface area contributed by atoms with E-state index >= 15 is 0 Å². The maximum absolute atomic E-state index is 13.8. The van der Waals surface area contributed by atoms with Gasteiger partial charge >= 0.3 is 12.1 Å². The lowest BCUT2D eigenvalue weighted by Gasteiger charge is -2.34. The normalized spacial score (nSPS) is 18.6. The number of esters is 1. The molecule has 1 aromatic carbocycles. The molecule has 0 spiro atoms. The highest BCUT2D eigenvalue weighted by atomic mass is 19.4. The molecule has 4 rings (SSSR count). The van der Waals surface area contributed by atoms with Crippen LogP contribution in [-0.4, -0.2) is 77.5 Å².